The van der Waals surface area contributed by atoms with Crippen LogP contribution in [0.2, 0.25) is 0 Å². The summed E-state index contributed by atoms with van der Waals surface area (Å²) in [6.07, 6.45) is 0. The molecule has 0 aliphatic heterocycles. The van der Waals surface area contributed by atoms with Crippen molar-refractivity contribution in [3.05, 3.63) is 217 Å². The zero-order chi connectivity index (χ0) is 44.0. The van der Waals surface area contributed by atoms with Crippen LogP contribution in [-0.2, 0) is 0 Å². The van der Waals surface area contributed by atoms with Gasteiger partial charge in [0.2, 0.25) is 0 Å². The third-order valence-corrected chi connectivity index (χ3v) is 10.5. The number of benzene rings is 8. The van der Waals surface area contributed by atoms with Crippen molar-refractivity contribution < 1.29 is 11.0 Å². The van der Waals surface area contributed by atoms with Gasteiger partial charge in [0, 0.05) is 27.6 Å². The van der Waals surface area contributed by atoms with E-state index in [1.54, 1.807) is 0 Å². The van der Waals surface area contributed by atoms with Crippen molar-refractivity contribution in [1.29, 1.82) is 0 Å². The maximum absolute atomic E-state index is 9.73. The first-order valence-corrected chi connectivity index (χ1v) is 18.4. The number of nitrogens with zero attached hydrogens (tertiary/aromatic N) is 4. The zero-order valence-corrected chi connectivity index (χ0v) is 29.8. The lowest BCUT2D eigenvalue weighted by Crippen LogP contribution is -2.10. The number of fused-ring (bicyclic) bond motifs is 7. The summed E-state index contributed by atoms with van der Waals surface area (Å²) in [7, 11) is 0. The lowest BCUT2D eigenvalue weighted by atomic mass is 9.93. The molecule has 2 aromatic heterocycles. The summed E-state index contributed by atoms with van der Waals surface area (Å²) in [4.78, 5) is 15.2. The van der Waals surface area contributed by atoms with Crippen LogP contribution >= 0.6 is 0 Å². The summed E-state index contributed by atoms with van der Waals surface area (Å²) in [5.41, 5.74) is 7.61. The van der Waals surface area contributed by atoms with Crippen LogP contribution in [0.3, 0.4) is 0 Å². The third-order valence-electron chi connectivity index (χ3n) is 10.5. The number of para-hydroxylation sites is 1. The van der Waals surface area contributed by atoms with Gasteiger partial charge in [-0.15, -0.1) is 0 Å². The average molecular weight is 723 g/mol. The first kappa shape index (κ1) is 24.8. The fourth-order valence-corrected chi connectivity index (χ4v) is 7.94. The normalized spacial score (nSPS) is 15.2. The maximum atomic E-state index is 9.73. The van der Waals surface area contributed by atoms with E-state index in [9.17, 15) is 8.22 Å². The summed E-state index contributed by atoms with van der Waals surface area (Å²) < 4.78 is 76.4. The van der Waals surface area contributed by atoms with E-state index in [1.165, 1.54) is 12.1 Å². The van der Waals surface area contributed by atoms with Crippen LogP contribution in [0, 0.1) is 0 Å². The van der Waals surface area contributed by atoms with Gasteiger partial charge in [0.1, 0.15) is 5.82 Å². The van der Waals surface area contributed by atoms with Gasteiger partial charge >= 0.3 is 0 Å². The molecule has 56 heavy (non-hydrogen) atoms. The molecule has 0 spiro atoms. The van der Waals surface area contributed by atoms with Gasteiger partial charge in [0.15, 0.2) is 11.6 Å². The Morgan fingerprint density at radius 2 is 1.04 bits per heavy atom. The first-order valence-electron chi connectivity index (χ1n) is 22.4. The van der Waals surface area contributed by atoms with E-state index in [0.717, 1.165) is 22.3 Å². The molecule has 2 heterocycles. The van der Waals surface area contributed by atoms with Gasteiger partial charge in [0.25, 0.3) is 0 Å². The highest BCUT2D eigenvalue weighted by Crippen LogP contribution is 2.52. The Balaban J connectivity index is 1.28. The lowest BCUT2D eigenvalue weighted by Gasteiger charge is -2.18. The smallest absolute Gasteiger partial charge is 0.163 e. The van der Waals surface area contributed by atoms with Crippen LogP contribution in [0.5, 0.6) is 0 Å². The van der Waals surface area contributed by atoms with Crippen molar-refractivity contribution in [2.45, 2.75) is 5.92 Å². The molecule has 1 aliphatic carbocycles. The third kappa shape index (κ3) is 5.26. The van der Waals surface area contributed by atoms with Crippen molar-refractivity contribution in [3.8, 4) is 61.8 Å². The molecular formula is C52H34N4. The molecule has 0 amide bonds. The number of hydrogen-bond acceptors (Lipinski definition) is 3. The number of aromatic nitrogens is 4. The average Bonchev–Trinajstić information content (AvgIpc) is 3.89. The Morgan fingerprint density at radius 3 is 1.75 bits per heavy atom. The first-order chi connectivity index (χ1) is 31.1. The fraction of sp³-hybridized carbons (Fsp3) is 0.0192. The van der Waals surface area contributed by atoms with Gasteiger partial charge in [-0.25, -0.2) is 15.0 Å². The minimum absolute atomic E-state index is 0.0517. The van der Waals surface area contributed by atoms with Crippen molar-refractivity contribution >= 4 is 21.8 Å². The Kier molecular flexibility index (Phi) is 5.82. The monoisotopic (exact) mass is 722 g/mol. The summed E-state index contributed by atoms with van der Waals surface area (Å²) in [5.74, 6) is -0.0888. The van der Waals surface area contributed by atoms with Crippen LogP contribution in [0.25, 0.3) is 83.6 Å². The molecule has 11 rings (SSSR count). The quantitative estimate of drug-likeness (QED) is 0.172. The highest BCUT2D eigenvalue weighted by Gasteiger charge is 2.36. The topological polar surface area (TPSA) is 43.6 Å². The molecule has 0 saturated heterocycles. The van der Waals surface area contributed by atoms with Gasteiger partial charge in [0.05, 0.1) is 27.9 Å². The van der Waals surface area contributed by atoms with Crippen LogP contribution in [-0.4, -0.2) is 19.5 Å². The summed E-state index contributed by atoms with van der Waals surface area (Å²) >= 11 is 0. The fourth-order valence-electron chi connectivity index (χ4n) is 7.94. The van der Waals surface area contributed by atoms with E-state index in [1.807, 2.05) is 120 Å². The lowest BCUT2D eigenvalue weighted by molar-refractivity contribution is 0.857. The van der Waals surface area contributed by atoms with E-state index < -0.39 is 5.92 Å². The van der Waals surface area contributed by atoms with E-state index in [2.05, 4.69) is 24.3 Å². The van der Waals surface area contributed by atoms with Crippen LogP contribution in [0.4, 0.5) is 0 Å². The molecule has 4 nitrogen and oxygen atoms in total. The Labute approximate surface area is 336 Å². The predicted molar refractivity (Wildman–Crippen MR) is 229 cm³/mol. The highest BCUT2D eigenvalue weighted by molar-refractivity contribution is 6.13. The van der Waals surface area contributed by atoms with Crippen molar-refractivity contribution in [3.63, 3.8) is 0 Å². The predicted octanol–water partition coefficient (Wildman–Crippen LogP) is 12.8. The van der Waals surface area contributed by atoms with Gasteiger partial charge in [-0.1, -0.05) is 176 Å². The molecule has 0 N–H and O–H groups in total. The van der Waals surface area contributed by atoms with Gasteiger partial charge in [-0.2, -0.15) is 0 Å². The van der Waals surface area contributed by atoms with Gasteiger partial charge in [-0.05, 0) is 68.7 Å². The van der Waals surface area contributed by atoms with E-state index in [4.69, 9.17) is 17.7 Å². The van der Waals surface area contributed by atoms with Crippen LogP contribution < -0.4 is 0 Å². The van der Waals surface area contributed by atoms with E-state index in [-0.39, 0.29) is 81.6 Å². The van der Waals surface area contributed by atoms with E-state index in [0.29, 0.717) is 45.1 Å². The molecule has 4 heteroatoms. The van der Waals surface area contributed by atoms with Crippen molar-refractivity contribution in [2.24, 2.45) is 0 Å². The maximum Gasteiger partial charge on any atom is 0.163 e. The molecule has 262 valence electrons. The second-order valence-electron chi connectivity index (χ2n) is 13.7. The molecule has 0 saturated carbocycles. The summed E-state index contributed by atoms with van der Waals surface area (Å²) in [6, 6.07) is 46.2. The Morgan fingerprint density at radius 1 is 0.446 bits per heavy atom. The molecule has 10 aromatic rings. The summed E-state index contributed by atoms with van der Waals surface area (Å²) in [5, 5.41) is 0.356. The second-order valence-corrected chi connectivity index (χ2v) is 13.7. The molecule has 1 atom stereocenters. The molecule has 0 radical (unpaired) electrons. The van der Waals surface area contributed by atoms with Gasteiger partial charge in [-0.3, -0.25) is 0 Å². The minimum Gasteiger partial charge on any atom is -0.309 e. The van der Waals surface area contributed by atoms with Crippen LogP contribution in [0.1, 0.15) is 33.8 Å². The zero-order valence-electron chi connectivity index (χ0n) is 37.8. The number of hydrogen-bond donors (Lipinski definition) is 0. The van der Waals surface area contributed by atoms with Gasteiger partial charge < -0.3 is 4.57 Å². The molecule has 1 unspecified atom stereocenters. The molecular weight excluding hydrogens is 681 g/mol. The minimum atomic E-state index is -1.03. The standard InChI is InChI=1S/C52H34N4/c1-4-16-34(17-5-1)37-22-14-23-38(32-37)39-24-15-25-40(33-39)56-46-29-13-12-27-42(46)45-31-30-44-41-26-10-11-28-43(41)48(47(44)49(45)56)52-54-50(35-18-6-2-7-19-35)53-51(55-52)36-20-8-3-9-21-36/h1-33,48H/i10D,12D,26D,27D,28D,29D,30D,31D. The largest absolute Gasteiger partial charge is 0.309 e. The number of rotatable bonds is 6. The van der Waals surface area contributed by atoms with Crippen LogP contribution in [0.15, 0.2) is 200 Å². The summed E-state index contributed by atoms with van der Waals surface area (Å²) in [6.45, 7) is 0. The van der Waals surface area contributed by atoms with E-state index >= 15 is 0 Å². The Bertz CT molecular complexity index is 3480. The highest BCUT2D eigenvalue weighted by atomic mass is 15.0. The second kappa shape index (κ2) is 13.2. The molecule has 1 aliphatic rings. The SMILES string of the molecule is [2H]c1cc([2H])c2c(c1[2H])-c1c([2H])c([2H])c3c4c([2H])c([2H])cc([2H])c4n(-c4cccc(-c5cccc(-c6ccccc6)c5)c4)c3c1C2c1nc(-c2ccccc2)nc(-c2ccccc2)n1. The van der Waals surface area contributed by atoms with Crippen molar-refractivity contribution in [2.75, 3.05) is 0 Å². The molecule has 0 fully saturated rings. The molecule has 8 aromatic carbocycles. The molecule has 0 bridgehead atoms. The Hall–Kier alpha value is -7.43. The van der Waals surface area contributed by atoms with Crippen molar-refractivity contribution in [1.82, 2.24) is 19.5 Å².